The molecule has 0 spiro atoms. The third kappa shape index (κ3) is 1.23. The van der Waals surface area contributed by atoms with Crippen LogP contribution in [0.2, 0.25) is 0 Å². The van der Waals surface area contributed by atoms with Crippen molar-refractivity contribution in [3.63, 3.8) is 0 Å². The van der Waals surface area contributed by atoms with Gasteiger partial charge in [-0.05, 0) is 19.1 Å². The molecular formula is C10H9N2. The van der Waals surface area contributed by atoms with Gasteiger partial charge < -0.3 is 0 Å². The van der Waals surface area contributed by atoms with Gasteiger partial charge in [-0.1, -0.05) is 18.2 Å². The van der Waals surface area contributed by atoms with Crippen LogP contribution < -0.4 is 0 Å². The summed E-state index contributed by atoms with van der Waals surface area (Å²) in [6.45, 7) is 1.95. The normalized spacial score (nSPS) is 10.1. The molecule has 59 valence electrons. The Morgan fingerprint density at radius 3 is 2.58 bits per heavy atom. The summed E-state index contributed by atoms with van der Waals surface area (Å²) in [5.41, 5.74) is 2.08. The number of aryl methyl sites for hydroxylation is 1. The van der Waals surface area contributed by atoms with E-state index in [0.717, 1.165) is 11.4 Å². The van der Waals surface area contributed by atoms with Gasteiger partial charge >= 0.3 is 0 Å². The Balaban J connectivity index is 2.45. The van der Waals surface area contributed by atoms with Crippen molar-refractivity contribution in [1.29, 1.82) is 0 Å². The first-order chi connectivity index (χ1) is 5.86. The van der Waals surface area contributed by atoms with Gasteiger partial charge in [0.25, 0.3) is 0 Å². The molecule has 2 heteroatoms. The minimum atomic E-state index is 0.985. The van der Waals surface area contributed by atoms with Crippen molar-refractivity contribution < 1.29 is 0 Å². The van der Waals surface area contributed by atoms with Gasteiger partial charge in [0, 0.05) is 11.9 Å². The Labute approximate surface area is 71.5 Å². The lowest BCUT2D eigenvalue weighted by Gasteiger charge is -1.98. The van der Waals surface area contributed by atoms with Crippen LogP contribution in [0.15, 0.2) is 36.5 Å². The molecule has 1 aromatic carbocycles. The molecule has 1 radical (unpaired) electrons. The maximum atomic E-state index is 4.03. The number of hydrogen-bond donors (Lipinski definition) is 0. The molecule has 0 aliphatic rings. The molecule has 0 unspecified atom stereocenters. The molecule has 0 atom stereocenters. The van der Waals surface area contributed by atoms with Gasteiger partial charge in [-0.2, -0.15) is 0 Å². The third-order valence-corrected chi connectivity index (χ3v) is 1.68. The average Bonchev–Trinajstić information content (AvgIpc) is 2.54. The molecule has 0 saturated carbocycles. The van der Waals surface area contributed by atoms with Crippen LogP contribution in [0, 0.1) is 13.3 Å². The Kier molecular flexibility index (Phi) is 1.67. The van der Waals surface area contributed by atoms with Gasteiger partial charge in [-0.3, -0.25) is 4.57 Å². The quantitative estimate of drug-likeness (QED) is 0.619. The number of nitrogens with zero attached hydrogens (tertiary/aromatic N) is 2. The fourth-order valence-electron chi connectivity index (χ4n) is 1.10. The molecule has 0 bridgehead atoms. The lowest BCUT2D eigenvalue weighted by atomic mass is 10.3. The number of benzene rings is 1. The van der Waals surface area contributed by atoms with E-state index < -0.39 is 0 Å². The van der Waals surface area contributed by atoms with E-state index in [1.165, 1.54) is 0 Å². The number of rotatable bonds is 1. The van der Waals surface area contributed by atoms with Crippen molar-refractivity contribution in [2.75, 3.05) is 0 Å². The van der Waals surface area contributed by atoms with E-state index in [2.05, 4.69) is 11.3 Å². The number of para-hydroxylation sites is 1. The van der Waals surface area contributed by atoms with Crippen molar-refractivity contribution in [2.45, 2.75) is 6.92 Å². The molecule has 2 rings (SSSR count). The minimum Gasteiger partial charge on any atom is -0.297 e. The van der Waals surface area contributed by atoms with Gasteiger partial charge in [0.05, 0.1) is 5.69 Å². The summed E-state index contributed by atoms with van der Waals surface area (Å²) in [5.74, 6) is 0. The van der Waals surface area contributed by atoms with Crippen LogP contribution in [-0.4, -0.2) is 9.55 Å². The van der Waals surface area contributed by atoms with Crippen LogP contribution in [0.3, 0.4) is 0 Å². The number of hydrogen-bond acceptors (Lipinski definition) is 1. The molecule has 1 heterocycles. The Hall–Kier alpha value is -1.57. The van der Waals surface area contributed by atoms with Gasteiger partial charge in [0.2, 0.25) is 0 Å². The van der Waals surface area contributed by atoms with Gasteiger partial charge in [-0.15, -0.1) is 0 Å². The maximum absolute atomic E-state index is 4.03. The second-order valence-corrected chi connectivity index (χ2v) is 2.69. The third-order valence-electron chi connectivity index (χ3n) is 1.68. The van der Waals surface area contributed by atoms with Crippen molar-refractivity contribution in [1.82, 2.24) is 9.55 Å². The first kappa shape index (κ1) is 7.10. The van der Waals surface area contributed by atoms with E-state index in [-0.39, 0.29) is 0 Å². The van der Waals surface area contributed by atoms with E-state index in [9.17, 15) is 0 Å². The van der Waals surface area contributed by atoms with Crippen molar-refractivity contribution >= 4 is 0 Å². The molecule has 2 aromatic rings. The average molecular weight is 157 g/mol. The first-order valence-corrected chi connectivity index (χ1v) is 3.85. The largest absolute Gasteiger partial charge is 0.297 e. The fourth-order valence-corrected chi connectivity index (χ4v) is 1.10. The molecule has 0 N–H and O–H groups in total. The predicted molar refractivity (Wildman–Crippen MR) is 47.1 cm³/mol. The zero-order valence-electron chi connectivity index (χ0n) is 6.86. The van der Waals surface area contributed by atoms with E-state index in [1.807, 2.05) is 48.0 Å². The summed E-state index contributed by atoms with van der Waals surface area (Å²) in [5, 5.41) is 0. The maximum Gasteiger partial charge on any atom is 0.181 e. The Bertz CT molecular complexity index is 362. The lowest BCUT2D eigenvalue weighted by Crippen LogP contribution is -1.88. The summed E-state index contributed by atoms with van der Waals surface area (Å²) in [6, 6.07) is 10.0. The van der Waals surface area contributed by atoms with E-state index in [0.29, 0.717) is 0 Å². The van der Waals surface area contributed by atoms with Crippen LogP contribution in [0.1, 0.15) is 5.69 Å². The molecule has 12 heavy (non-hydrogen) atoms. The first-order valence-electron chi connectivity index (χ1n) is 3.85. The summed E-state index contributed by atoms with van der Waals surface area (Å²) < 4.78 is 1.88. The van der Waals surface area contributed by atoms with Crippen molar-refractivity contribution in [3.05, 3.63) is 48.5 Å². The van der Waals surface area contributed by atoms with Crippen LogP contribution in [-0.2, 0) is 0 Å². The molecule has 0 aliphatic carbocycles. The molecule has 2 nitrogen and oxygen atoms in total. The topological polar surface area (TPSA) is 17.8 Å². The highest BCUT2D eigenvalue weighted by molar-refractivity contribution is 5.31. The second-order valence-electron chi connectivity index (χ2n) is 2.69. The fraction of sp³-hybridized carbons (Fsp3) is 0.100. The van der Waals surface area contributed by atoms with Crippen LogP contribution in [0.5, 0.6) is 0 Å². The summed E-state index contributed by atoms with van der Waals surface area (Å²) in [4.78, 5) is 4.03. The number of imidazole rings is 1. The summed E-state index contributed by atoms with van der Waals surface area (Å²) in [6.07, 6.45) is 4.84. The Morgan fingerprint density at radius 1 is 1.25 bits per heavy atom. The second kappa shape index (κ2) is 2.81. The van der Waals surface area contributed by atoms with Gasteiger partial charge in [0.1, 0.15) is 0 Å². The van der Waals surface area contributed by atoms with Crippen molar-refractivity contribution in [3.8, 4) is 5.69 Å². The zero-order chi connectivity index (χ0) is 8.39. The van der Waals surface area contributed by atoms with Crippen molar-refractivity contribution in [2.24, 2.45) is 0 Å². The smallest absolute Gasteiger partial charge is 0.181 e. The van der Waals surface area contributed by atoms with Gasteiger partial charge in [0.15, 0.2) is 6.33 Å². The molecule has 0 fully saturated rings. The highest BCUT2D eigenvalue weighted by Gasteiger charge is 1.95. The summed E-state index contributed by atoms with van der Waals surface area (Å²) in [7, 11) is 0. The SMILES string of the molecule is Cc1cn(-c2ccccc2)[c]n1. The number of aromatic nitrogens is 2. The standard InChI is InChI=1S/C10H9N2/c1-9-7-12(8-11-9)10-5-3-2-4-6-10/h2-7H,1H3. The molecule has 0 amide bonds. The molecule has 0 aliphatic heterocycles. The summed E-state index contributed by atoms with van der Waals surface area (Å²) >= 11 is 0. The Morgan fingerprint density at radius 2 is 2.00 bits per heavy atom. The van der Waals surface area contributed by atoms with Crippen LogP contribution in [0.25, 0.3) is 5.69 Å². The highest BCUT2D eigenvalue weighted by atomic mass is 15.0. The molecule has 0 saturated heterocycles. The monoisotopic (exact) mass is 157 g/mol. The predicted octanol–water partition coefficient (Wildman–Crippen LogP) is 1.98. The molecule has 1 aromatic heterocycles. The van der Waals surface area contributed by atoms with E-state index in [1.54, 1.807) is 0 Å². The minimum absolute atomic E-state index is 0.985. The zero-order valence-corrected chi connectivity index (χ0v) is 6.86. The lowest BCUT2D eigenvalue weighted by molar-refractivity contribution is 1.04. The highest BCUT2D eigenvalue weighted by Crippen LogP contribution is 2.06. The molecular weight excluding hydrogens is 148 g/mol. The van der Waals surface area contributed by atoms with E-state index >= 15 is 0 Å². The van der Waals surface area contributed by atoms with E-state index in [4.69, 9.17) is 0 Å². The van der Waals surface area contributed by atoms with Crippen LogP contribution >= 0.6 is 0 Å². The van der Waals surface area contributed by atoms with Gasteiger partial charge in [-0.25, -0.2) is 4.98 Å². The van der Waals surface area contributed by atoms with Crippen LogP contribution in [0.4, 0.5) is 0 Å².